The van der Waals surface area contributed by atoms with E-state index in [2.05, 4.69) is 10.3 Å². The Hall–Kier alpha value is -2.64. The molecule has 3 rings (SSSR count). The number of rotatable bonds is 2. The minimum atomic E-state index is -1.88. The van der Waals surface area contributed by atoms with Gasteiger partial charge in [-0.25, -0.2) is 9.38 Å². The molecular weight excluding hydrogens is 325 g/mol. The van der Waals surface area contributed by atoms with Gasteiger partial charge >= 0.3 is 5.91 Å². The molecule has 6 nitrogen and oxygen atoms in total. The van der Waals surface area contributed by atoms with Crippen LogP contribution in [-0.2, 0) is 4.79 Å². The van der Waals surface area contributed by atoms with E-state index in [9.17, 15) is 19.2 Å². The predicted octanol–water partition coefficient (Wildman–Crippen LogP) is 2.66. The van der Waals surface area contributed by atoms with E-state index in [-0.39, 0.29) is 22.5 Å². The van der Waals surface area contributed by atoms with Crippen LogP contribution in [0.2, 0.25) is 5.02 Å². The summed E-state index contributed by atoms with van der Waals surface area (Å²) in [7, 11) is 0. The first-order valence-corrected chi connectivity index (χ1v) is 6.88. The van der Waals surface area contributed by atoms with E-state index in [1.54, 1.807) is 6.07 Å². The molecule has 1 amide bonds. The number of amides is 1. The lowest BCUT2D eigenvalue weighted by molar-refractivity contribution is -0.126. The first kappa shape index (κ1) is 15.3. The van der Waals surface area contributed by atoms with Crippen LogP contribution in [0.25, 0.3) is 0 Å². The van der Waals surface area contributed by atoms with Crippen LogP contribution in [0.3, 0.4) is 0 Å². The first-order chi connectivity index (χ1) is 11.0. The average Bonchev–Trinajstić information content (AvgIpc) is 2.64. The molecule has 2 aromatic carbocycles. The van der Waals surface area contributed by atoms with Crippen molar-refractivity contribution >= 4 is 28.9 Å². The van der Waals surface area contributed by atoms with Crippen molar-refractivity contribution < 1.29 is 14.3 Å². The Labute approximate surface area is 134 Å². The van der Waals surface area contributed by atoms with Crippen molar-refractivity contribution in [3.63, 3.8) is 0 Å². The van der Waals surface area contributed by atoms with E-state index in [0.29, 0.717) is 10.0 Å². The highest BCUT2D eigenvalue weighted by Gasteiger charge is 2.32. The van der Waals surface area contributed by atoms with Crippen molar-refractivity contribution in [1.82, 2.24) is 0 Å². The maximum absolute atomic E-state index is 14.1. The van der Waals surface area contributed by atoms with Gasteiger partial charge in [0.2, 0.25) is 6.23 Å². The Kier molecular flexibility index (Phi) is 3.89. The van der Waals surface area contributed by atoms with E-state index in [0.717, 1.165) is 0 Å². The second-order valence-electron chi connectivity index (χ2n) is 4.72. The summed E-state index contributed by atoms with van der Waals surface area (Å²) in [6.45, 7) is 0. The van der Waals surface area contributed by atoms with Gasteiger partial charge in [-0.05, 0) is 30.3 Å². The van der Waals surface area contributed by atoms with Crippen LogP contribution in [0.4, 0.5) is 10.1 Å². The summed E-state index contributed by atoms with van der Waals surface area (Å²) in [5.74, 6) is -1.63. The molecule has 116 valence electrons. The fourth-order valence-electron chi connectivity index (χ4n) is 2.31. The minimum Gasteiger partial charge on any atom is -0.364 e. The number of aliphatic hydroxyl groups excluding tert-OH is 1. The number of benzodiazepines with no additional fused rings is 1. The van der Waals surface area contributed by atoms with Gasteiger partial charge in [0.1, 0.15) is 5.82 Å². The second kappa shape index (κ2) is 5.86. The average molecular weight is 334 g/mol. The molecule has 0 bridgehead atoms. The Balaban J connectivity index is 2.32. The number of hydrogen-bond donors (Lipinski definition) is 1. The van der Waals surface area contributed by atoms with Gasteiger partial charge in [-0.15, -0.1) is 4.91 Å². The van der Waals surface area contributed by atoms with E-state index >= 15 is 0 Å². The lowest BCUT2D eigenvalue weighted by Crippen LogP contribution is -2.33. The third kappa shape index (κ3) is 2.60. The molecule has 0 aromatic heterocycles. The van der Waals surface area contributed by atoms with Crippen LogP contribution in [0.5, 0.6) is 0 Å². The molecule has 1 unspecified atom stereocenters. The molecule has 0 saturated carbocycles. The molecule has 23 heavy (non-hydrogen) atoms. The van der Waals surface area contributed by atoms with Gasteiger partial charge in [0.25, 0.3) is 0 Å². The smallest absolute Gasteiger partial charge is 0.301 e. The summed E-state index contributed by atoms with van der Waals surface area (Å²) < 4.78 is 14.1. The van der Waals surface area contributed by atoms with Crippen LogP contribution in [0.15, 0.2) is 52.7 Å². The Morgan fingerprint density at radius 2 is 1.96 bits per heavy atom. The van der Waals surface area contributed by atoms with Crippen molar-refractivity contribution in [3.8, 4) is 0 Å². The summed E-state index contributed by atoms with van der Waals surface area (Å²) in [5.41, 5.74) is 0.350. The van der Waals surface area contributed by atoms with Gasteiger partial charge in [-0.2, -0.15) is 5.01 Å². The monoisotopic (exact) mass is 333 g/mol. The van der Waals surface area contributed by atoms with Gasteiger partial charge < -0.3 is 5.11 Å². The second-order valence-corrected chi connectivity index (χ2v) is 5.16. The number of carbonyl (C=O) groups is 1. The van der Waals surface area contributed by atoms with Crippen LogP contribution in [0.1, 0.15) is 11.1 Å². The zero-order valence-corrected chi connectivity index (χ0v) is 12.2. The standard InChI is InChI=1S/C15H9ClFN3O3/c16-8-5-6-12-10(7-8)13(9-3-1-2-4-11(9)17)18-14(21)15(22)20(12)19-23/h1-7,14,21H. The van der Waals surface area contributed by atoms with Crippen molar-refractivity contribution in [2.75, 3.05) is 5.01 Å². The van der Waals surface area contributed by atoms with Crippen molar-refractivity contribution in [3.05, 3.63) is 69.3 Å². The topological polar surface area (TPSA) is 82.3 Å². The highest BCUT2D eigenvalue weighted by molar-refractivity contribution is 6.32. The number of aliphatic imine (C=N–C) groups is 1. The zero-order valence-electron chi connectivity index (χ0n) is 11.5. The minimum absolute atomic E-state index is 0.00704. The normalized spacial score (nSPS) is 17.3. The van der Waals surface area contributed by atoms with Crippen molar-refractivity contribution in [1.29, 1.82) is 0 Å². The van der Waals surface area contributed by atoms with Gasteiger partial charge in [-0.3, -0.25) is 4.79 Å². The van der Waals surface area contributed by atoms with Crippen LogP contribution in [-0.4, -0.2) is 23.0 Å². The zero-order chi connectivity index (χ0) is 16.6. The van der Waals surface area contributed by atoms with Gasteiger partial charge in [0, 0.05) is 16.1 Å². The first-order valence-electron chi connectivity index (χ1n) is 6.51. The van der Waals surface area contributed by atoms with Gasteiger partial charge in [0.15, 0.2) is 0 Å². The fourth-order valence-corrected chi connectivity index (χ4v) is 2.48. The summed E-state index contributed by atoms with van der Waals surface area (Å²) in [6, 6.07) is 9.99. The molecule has 0 spiro atoms. The highest BCUT2D eigenvalue weighted by atomic mass is 35.5. The number of carbonyl (C=O) groups excluding carboxylic acids is 1. The largest absolute Gasteiger partial charge is 0.364 e. The molecule has 8 heteroatoms. The number of anilines is 1. The van der Waals surface area contributed by atoms with E-state index in [1.165, 1.54) is 36.4 Å². The van der Waals surface area contributed by atoms with Crippen LogP contribution >= 0.6 is 11.6 Å². The third-order valence-electron chi connectivity index (χ3n) is 3.33. The van der Waals surface area contributed by atoms with E-state index in [1.807, 2.05) is 0 Å². The number of fused-ring (bicyclic) bond motifs is 1. The number of hydrogen-bond acceptors (Lipinski definition) is 5. The van der Waals surface area contributed by atoms with E-state index < -0.39 is 18.0 Å². The third-order valence-corrected chi connectivity index (χ3v) is 3.57. The molecule has 0 radical (unpaired) electrons. The lowest BCUT2D eigenvalue weighted by atomic mass is 10.00. The van der Waals surface area contributed by atoms with Gasteiger partial charge in [0.05, 0.1) is 16.7 Å². The molecule has 1 aliphatic heterocycles. The number of nitrogens with zero attached hydrogens (tertiary/aromatic N) is 3. The molecule has 0 aliphatic carbocycles. The molecule has 1 aliphatic rings. The maximum Gasteiger partial charge on any atom is 0.301 e. The van der Waals surface area contributed by atoms with Crippen molar-refractivity contribution in [2.45, 2.75) is 6.23 Å². The van der Waals surface area contributed by atoms with Gasteiger partial charge in [-0.1, -0.05) is 23.7 Å². The van der Waals surface area contributed by atoms with Crippen LogP contribution < -0.4 is 5.01 Å². The maximum atomic E-state index is 14.1. The number of aliphatic hydroxyl groups is 1. The molecule has 1 atom stereocenters. The summed E-state index contributed by atoms with van der Waals surface area (Å²) >= 11 is 5.96. The number of halogens is 2. The molecule has 0 fully saturated rings. The predicted molar refractivity (Wildman–Crippen MR) is 82.8 cm³/mol. The molecule has 1 heterocycles. The molecular formula is C15H9ClFN3O3. The highest BCUT2D eigenvalue weighted by Crippen LogP contribution is 2.31. The quantitative estimate of drug-likeness (QED) is 0.858. The summed E-state index contributed by atoms with van der Waals surface area (Å²) in [5, 5.41) is 13.3. The SMILES string of the molecule is O=NN1C(=O)C(O)N=C(c2ccccc2F)c2cc(Cl)ccc21. The van der Waals surface area contributed by atoms with E-state index in [4.69, 9.17) is 11.6 Å². The Morgan fingerprint density at radius 3 is 2.65 bits per heavy atom. The fraction of sp³-hybridized carbons (Fsp3) is 0.0667. The number of benzene rings is 2. The summed E-state index contributed by atoms with van der Waals surface area (Å²) in [4.78, 5) is 26.9. The molecule has 0 saturated heterocycles. The Morgan fingerprint density at radius 1 is 1.22 bits per heavy atom. The van der Waals surface area contributed by atoms with Crippen LogP contribution in [0, 0.1) is 10.7 Å². The lowest BCUT2D eigenvalue weighted by Gasteiger charge is -2.15. The summed E-state index contributed by atoms with van der Waals surface area (Å²) in [6.07, 6.45) is -1.88. The molecule has 1 N–H and O–H groups in total. The van der Waals surface area contributed by atoms with Crippen molar-refractivity contribution in [2.24, 2.45) is 10.3 Å². The molecule has 2 aromatic rings. The number of nitroso groups, excluding NO2 is 1. The Bertz CT molecular complexity index is 840.